The fourth-order valence-corrected chi connectivity index (χ4v) is 5.53. The van der Waals surface area contributed by atoms with Crippen LogP contribution in [0.3, 0.4) is 0 Å². The number of aromatic nitrogens is 2. The van der Waals surface area contributed by atoms with Gasteiger partial charge in [0.15, 0.2) is 0 Å². The second-order valence-corrected chi connectivity index (χ2v) is 9.78. The van der Waals surface area contributed by atoms with Crippen LogP contribution in [0.15, 0.2) is 30.6 Å². The highest BCUT2D eigenvalue weighted by molar-refractivity contribution is 7.93. The highest BCUT2D eigenvalue weighted by atomic mass is 32.2. The lowest BCUT2D eigenvalue weighted by molar-refractivity contribution is 0.0746. The average Bonchev–Trinajstić information content (AvgIpc) is 3.12. The van der Waals surface area contributed by atoms with E-state index in [1.54, 1.807) is 12.1 Å². The summed E-state index contributed by atoms with van der Waals surface area (Å²) in [4.78, 5) is 25.8. The van der Waals surface area contributed by atoms with Crippen molar-refractivity contribution >= 4 is 27.6 Å². The third-order valence-electron chi connectivity index (χ3n) is 5.73. The van der Waals surface area contributed by atoms with Crippen LogP contribution in [0.5, 0.6) is 0 Å². The lowest BCUT2D eigenvalue weighted by Gasteiger charge is -2.36. The molecule has 160 valence electrons. The van der Waals surface area contributed by atoms with E-state index >= 15 is 0 Å². The van der Waals surface area contributed by atoms with Crippen LogP contribution in [0.25, 0.3) is 0 Å². The molecular weight excluding hydrogens is 402 g/mol. The van der Waals surface area contributed by atoms with Crippen molar-refractivity contribution in [1.82, 2.24) is 14.9 Å². The molecule has 2 aliphatic rings. The minimum Gasteiger partial charge on any atom is -0.353 e. The summed E-state index contributed by atoms with van der Waals surface area (Å²) in [7, 11) is -3.27. The molecule has 2 fully saturated rings. The zero-order valence-electron chi connectivity index (χ0n) is 17.4. The minimum absolute atomic E-state index is 0.0796. The van der Waals surface area contributed by atoms with Crippen LogP contribution in [-0.2, 0) is 16.4 Å². The van der Waals surface area contributed by atoms with E-state index in [1.807, 2.05) is 11.1 Å². The highest BCUT2D eigenvalue weighted by Gasteiger charge is 2.30. The Bertz CT molecular complexity index is 1030. The molecule has 0 bridgehead atoms. The van der Waals surface area contributed by atoms with Crippen LogP contribution in [-0.4, -0.2) is 67.7 Å². The lowest BCUT2D eigenvalue weighted by Crippen LogP contribution is -2.49. The quantitative estimate of drug-likeness (QED) is 0.737. The normalized spacial score (nSPS) is 18.7. The molecule has 0 atom stereocenters. The summed E-state index contributed by atoms with van der Waals surface area (Å²) >= 11 is 0. The summed E-state index contributed by atoms with van der Waals surface area (Å²) in [6.07, 6.45) is 4.97. The maximum Gasteiger partial charge on any atom is 0.255 e. The summed E-state index contributed by atoms with van der Waals surface area (Å²) in [5.41, 5.74) is 2.86. The molecule has 8 nitrogen and oxygen atoms in total. The van der Waals surface area contributed by atoms with Crippen molar-refractivity contribution in [3.8, 4) is 0 Å². The van der Waals surface area contributed by atoms with Crippen molar-refractivity contribution in [2.45, 2.75) is 26.7 Å². The fourth-order valence-electron chi connectivity index (χ4n) is 4.01. The molecule has 2 aromatic rings. The first kappa shape index (κ1) is 20.6. The number of anilines is 2. The Kier molecular flexibility index (Phi) is 5.64. The maximum absolute atomic E-state index is 12.9. The van der Waals surface area contributed by atoms with Crippen LogP contribution in [0.2, 0.25) is 0 Å². The van der Waals surface area contributed by atoms with E-state index in [0.717, 1.165) is 30.9 Å². The summed E-state index contributed by atoms with van der Waals surface area (Å²) in [6, 6.07) is 5.46. The van der Waals surface area contributed by atoms with E-state index in [4.69, 9.17) is 0 Å². The van der Waals surface area contributed by atoms with Crippen molar-refractivity contribution in [2.24, 2.45) is 0 Å². The van der Waals surface area contributed by atoms with Crippen molar-refractivity contribution in [3.05, 3.63) is 47.3 Å². The predicted molar refractivity (Wildman–Crippen MR) is 116 cm³/mol. The smallest absolute Gasteiger partial charge is 0.255 e. The van der Waals surface area contributed by atoms with Crippen molar-refractivity contribution in [2.75, 3.05) is 47.7 Å². The Hall–Kier alpha value is -2.68. The van der Waals surface area contributed by atoms with Gasteiger partial charge in [0.1, 0.15) is 11.6 Å². The Balaban J connectivity index is 1.40. The number of carbonyl (C=O) groups excluding carboxylic acids is 1. The zero-order valence-corrected chi connectivity index (χ0v) is 18.2. The van der Waals surface area contributed by atoms with Crippen LogP contribution in [0, 0.1) is 6.92 Å². The van der Waals surface area contributed by atoms with Gasteiger partial charge in [-0.15, -0.1) is 0 Å². The van der Waals surface area contributed by atoms with E-state index in [1.165, 1.54) is 16.1 Å². The molecule has 4 rings (SSSR count). The summed E-state index contributed by atoms with van der Waals surface area (Å²) in [6.45, 7) is 7.30. The summed E-state index contributed by atoms with van der Waals surface area (Å²) < 4.78 is 25.4. The first-order valence-corrected chi connectivity index (χ1v) is 12.0. The monoisotopic (exact) mass is 429 g/mol. The molecule has 0 radical (unpaired) electrons. The van der Waals surface area contributed by atoms with Crippen molar-refractivity contribution < 1.29 is 13.2 Å². The first-order chi connectivity index (χ1) is 14.4. The molecule has 0 aliphatic carbocycles. The number of amides is 1. The van der Waals surface area contributed by atoms with E-state index in [0.29, 0.717) is 37.4 Å². The van der Waals surface area contributed by atoms with Gasteiger partial charge in [0.05, 0.1) is 11.3 Å². The van der Waals surface area contributed by atoms with Gasteiger partial charge in [-0.05, 0) is 43.0 Å². The number of sulfonamides is 1. The van der Waals surface area contributed by atoms with Gasteiger partial charge in [0.25, 0.3) is 5.91 Å². The molecule has 2 aliphatic heterocycles. The number of nitrogens with zero attached hydrogens (tertiary/aromatic N) is 5. The molecule has 4 heterocycles. The Morgan fingerprint density at radius 3 is 2.40 bits per heavy atom. The number of hydrogen-bond donors (Lipinski definition) is 0. The molecule has 30 heavy (non-hydrogen) atoms. The standard InChI is InChI=1S/C21H27N5O3S/c1-3-17-13-16(2)20(23-14-17)24-8-10-25(11-9-24)21(27)18-5-6-19(22-15-18)26-7-4-12-30(26,28)29/h5-6,13-15H,3-4,7-12H2,1-2H3. The van der Waals surface area contributed by atoms with Gasteiger partial charge in [-0.25, -0.2) is 18.4 Å². The first-order valence-electron chi connectivity index (χ1n) is 10.4. The molecular formula is C21H27N5O3S. The topological polar surface area (TPSA) is 86.7 Å². The van der Waals surface area contributed by atoms with Crippen LogP contribution in [0.4, 0.5) is 11.6 Å². The Morgan fingerprint density at radius 2 is 1.83 bits per heavy atom. The van der Waals surface area contributed by atoms with Crippen LogP contribution in [0.1, 0.15) is 34.8 Å². The number of piperazine rings is 1. The van der Waals surface area contributed by atoms with Crippen LogP contribution >= 0.6 is 0 Å². The van der Waals surface area contributed by atoms with Gasteiger partial charge < -0.3 is 9.80 Å². The molecule has 0 aromatic carbocycles. The van der Waals surface area contributed by atoms with E-state index in [9.17, 15) is 13.2 Å². The second kappa shape index (κ2) is 8.22. The largest absolute Gasteiger partial charge is 0.353 e. The lowest BCUT2D eigenvalue weighted by atomic mass is 10.1. The number of carbonyl (C=O) groups is 1. The second-order valence-electron chi connectivity index (χ2n) is 7.76. The predicted octanol–water partition coefficient (Wildman–Crippen LogP) is 1.85. The Labute approximate surface area is 177 Å². The number of rotatable bonds is 4. The Morgan fingerprint density at radius 1 is 1.07 bits per heavy atom. The average molecular weight is 430 g/mol. The molecule has 2 saturated heterocycles. The van der Waals surface area contributed by atoms with Gasteiger partial charge in [-0.3, -0.25) is 9.10 Å². The highest BCUT2D eigenvalue weighted by Crippen LogP contribution is 2.23. The van der Waals surface area contributed by atoms with Crippen molar-refractivity contribution in [1.29, 1.82) is 0 Å². The third-order valence-corrected chi connectivity index (χ3v) is 7.58. The minimum atomic E-state index is -3.27. The van der Waals surface area contributed by atoms with Gasteiger partial charge in [0, 0.05) is 45.1 Å². The van der Waals surface area contributed by atoms with E-state index < -0.39 is 10.0 Å². The number of hydrogen-bond acceptors (Lipinski definition) is 6. The molecule has 2 aromatic heterocycles. The third kappa shape index (κ3) is 3.98. The van der Waals surface area contributed by atoms with Gasteiger partial charge in [0.2, 0.25) is 10.0 Å². The maximum atomic E-state index is 12.9. The van der Waals surface area contributed by atoms with Crippen molar-refractivity contribution in [3.63, 3.8) is 0 Å². The summed E-state index contributed by atoms with van der Waals surface area (Å²) in [5.74, 6) is 1.43. The molecule has 0 N–H and O–H groups in total. The number of pyridine rings is 2. The van der Waals surface area contributed by atoms with Crippen LogP contribution < -0.4 is 9.21 Å². The molecule has 9 heteroatoms. The number of aryl methyl sites for hydroxylation is 2. The fraction of sp³-hybridized carbons (Fsp3) is 0.476. The molecule has 1 amide bonds. The SMILES string of the molecule is CCc1cnc(N2CCN(C(=O)c3ccc(N4CCCS4(=O)=O)nc3)CC2)c(C)c1. The van der Waals surface area contributed by atoms with E-state index in [2.05, 4.69) is 34.8 Å². The molecule has 0 saturated carbocycles. The molecule has 0 spiro atoms. The van der Waals surface area contributed by atoms with Gasteiger partial charge in [-0.1, -0.05) is 13.0 Å². The van der Waals surface area contributed by atoms with Gasteiger partial charge >= 0.3 is 0 Å². The summed E-state index contributed by atoms with van der Waals surface area (Å²) in [5, 5.41) is 0. The van der Waals surface area contributed by atoms with E-state index in [-0.39, 0.29) is 11.7 Å². The van der Waals surface area contributed by atoms with Gasteiger partial charge in [-0.2, -0.15) is 0 Å². The zero-order chi connectivity index (χ0) is 21.3. The molecule has 0 unspecified atom stereocenters.